The van der Waals surface area contributed by atoms with Crippen molar-refractivity contribution >= 4 is 55.9 Å². The van der Waals surface area contributed by atoms with E-state index in [1.54, 1.807) is 0 Å². The van der Waals surface area contributed by atoms with Gasteiger partial charge in [-0.2, -0.15) is 12.1 Å². The van der Waals surface area contributed by atoms with Crippen molar-refractivity contribution in [1.82, 2.24) is 14.0 Å². The van der Waals surface area contributed by atoms with Crippen molar-refractivity contribution in [1.29, 1.82) is 0 Å². The van der Waals surface area contributed by atoms with Crippen molar-refractivity contribution < 1.29 is 21.1 Å². The van der Waals surface area contributed by atoms with Crippen LogP contribution in [-0.2, 0) is 26.5 Å². The SMILES string of the molecule is CC(C)(C)c1ccnc(-n2c3[c-]c([N+](c4[c-]c(N5C=CN(c6ccccc6-c6ccccc6)[CH-]5)ccc4)(c4ccccc4)c4ccccc4)ccc3c3cc(-c4ccccc4)ccc32)c1.[Pt]. The molecule has 0 aliphatic carbocycles. The van der Waals surface area contributed by atoms with Crippen LogP contribution in [0.5, 0.6) is 0 Å². The fraction of sp³-hybridized carbons (Fsp3) is 0.0667. The number of para-hydroxylation sites is 3. The monoisotopic (exact) mass is 1030 g/mol. The largest absolute Gasteiger partial charge is 0.500 e. The van der Waals surface area contributed by atoms with Crippen molar-refractivity contribution in [2.45, 2.75) is 26.2 Å². The first-order valence-corrected chi connectivity index (χ1v) is 22.2. The molecule has 0 fully saturated rings. The normalized spacial score (nSPS) is 12.8. The zero-order valence-corrected chi connectivity index (χ0v) is 39.3. The zero-order chi connectivity index (χ0) is 44.0. The summed E-state index contributed by atoms with van der Waals surface area (Å²) in [6.45, 7) is 8.89. The number of anilines is 2. The molecule has 0 atom stereocenters. The molecule has 3 heterocycles. The number of nitrogens with zero attached hydrogens (tertiary/aromatic N) is 5. The number of hydrogen-bond donors (Lipinski definition) is 0. The van der Waals surface area contributed by atoms with E-state index in [1.807, 2.05) is 6.20 Å². The van der Waals surface area contributed by atoms with Gasteiger partial charge in [0.1, 0.15) is 17.2 Å². The maximum atomic E-state index is 5.06. The summed E-state index contributed by atoms with van der Waals surface area (Å²) in [4.78, 5) is 9.40. The van der Waals surface area contributed by atoms with Gasteiger partial charge in [-0.1, -0.05) is 172 Å². The molecular weight excluding hydrogens is 986 g/mol. The van der Waals surface area contributed by atoms with Gasteiger partial charge in [0, 0.05) is 79.7 Å². The molecule has 1 aliphatic rings. The van der Waals surface area contributed by atoms with Crippen LogP contribution in [0.1, 0.15) is 26.3 Å². The van der Waals surface area contributed by atoms with E-state index in [2.05, 4.69) is 273 Å². The molecule has 10 aromatic rings. The van der Waals surface area contributed by atoms with Crippen LogP contribution in [0.2, 0.25) is 0 Å². The van der Waals surface area contributed by atoms with E-state index in [4.69, 9.17) is 4.98 Å². The van der Waals surface area contributed by atoms with E-state index in [-0.39, 0.29) is 31.0 Å². The third-order valence-electron chi connectivity index (χ3n) is 12.6. The van der Waals surface area contributed by atoms with Crippen molar-refractivity contribution in [2.75, 3.05) is 9.80 Å². The van der Waals surface area contributed by atoms with Gasteiger partial charge in [0.15, 0.2) is 0 Å². The molecule has 2 aromatic heterocycles. The first-order chi connectivity index (χ1) is 31.9. The Labute approximate surface area is 402 Å². The molecule has 6 heteroatoms. The summed E-state index contributed by atoms with van der Waals surface area (Å²) in [5.74, 6) is 0.860. The predicted octanol–water partition coefficient (Wildman–Crippen LogP) is 15.6. The molecule has 0 bridgehead atoms. The molecule has 1 aliphatic heterocycles. The average molecular weight is 1030 g/mol. The Balaban J connectivity index is 0.00000511. The average Bonchev–Trinajstić information content (AvgIpc) is 3.99. The molecule has 0 N–H and O–H groups in total. The van der Waals surface area contributed by atoms with Gasteiger partial charge in [-0.05, 0) is 69.7 Å². The Kier molecular flexibility index (Phi) is 11.4. The molecule has 324 valence electrons. The van der Waals surface area contributed by atoms with Crippen LogP contribution < -0.4 is 14.3 Å². The molecule has 0 saturated heterocycles. The van der Waals surface area contributed by atoms with Gasteiger partial charge in [0.05, 0.1) is 0 Å². The Hall–Kier alpha value is -7.30. The van der Waals surface area contributed by atoms with Gasteiger partial charge < -0.3 is 14.4 Å². The molecule has 0 saturated carbocycles. The molecule has 8 aromatic carbocycles. The molecule has 11 rings (SSSR count). The van der Waals surface area contributed by atoms with Crippen molar-refractivity contribution in [3.05, 3.63) is 249 Å². The van der Waals surface area contributed by atoms with E-state index in [9.17, 15) is 0 Å². The summed E-state index contributed by atoms with van der Waals surface area (Å²) < 4.78 is 2.53. The van der Waals surface area contributed by atoms with E-state index in [0.29, 0.717) is 0 Å². The van der Waals surface area contributed by atoms with Gasteiger partial charge in [-0.25, -0.2) is 9.47 Å². The fourth-order valence-electron chi connectivity index (χ4n) is 9.31. The standard InChI is InChI=1S/C60H47N5.Pt/c1-60(2,3)47-35-36-61-59(40-47)64-57-34-31-46(44-19-8-4-9-20-44)39-55(57)54-33-32-52(42-58(54)64)65(49-24-12-6-13-25-49,50-26-14-7-15-27-50)51-28-18-23-48(41-51)62-37-38-63(43-62)56-30-17-16-29-53(56)45-21-10-5-11-22-45;/h4-40,43H,1-3H3;/q-2;. The Morgan fingerprint density at radius 3 is 1.83 bits per heavy atom. The van der Waals surface area contributed by atoms with Crippen molar-refractivity contribution in [3.63, 3.8) is 0 Å². The molecule has 0 spiro atoms. The third-order valence-corrected chi connectivity index (χ3v) is 12.6. The van der Waals surface area contributed by atoms with Crippen LogP contribution >= 0.6 is 0 Å². The van der Waals surface area contributed by atoms with Gasteiger partial charge in [0.2, 0.25) is 0 Å². The molecule has 66 heavy (non-hydrogen) atoms. The second kappa shape index (κ2) is 17.6. The van der Waals surface area contributed by atoms with E-state index < -0.39 is 0 Å². The summed E-state index contributed by atoms with van der Waals surface area (Å²) in [5, 5.41) is 2.25. The Bertz CT molecular complexity index is 3300. The molecule has 0 unspecified atom stereocenters. The fourth-order valence-corrected chi connectivity index (χ4v) is 9.31. The number of fused-ring (bicyclic) bond motifs is 3. The predicted molar refractivity (Wildman–Crippen MR) is 271 cm³/mol. The zero-order valence-electron chi connectivity index (χ0n) is 37.0. The van der Waals surface area contributed by atoms with Crippen molar-refractivity contribution in [3.8, 4) is 28.1 Å². The number of aromatic nitrogens is 2. The molecule has 0 amide bonds. The second-order valence-corrected chi connectivity index (χ2v) is 17.6. The van der Waals surface area contributed by atoms with Gasteiger partial charge in [-0.15, -0.1) is 30.3 Å². The minimum Gasteiger partial charge on any atom is -0.500 e. The number of hydrogen-bond acceptors (Lipinski definition) is 3. The Morgan fingerprint density at radius 1 is 0.515 bits per heavy atom. The molecular formula is C60H47N5Pt-2. The van der Waals surface area contributed by atoms with Crippen LogP contribution in [0.25, 0.3) is 49.9 Å². The van der Waals surface area contributed by atoms with Crippen LogP contribution in [-0.4, -0.2) is 9.55 Å². The first-order valence-electron chi connectivity index (χ1n) is 22.2. The summed E-state index contributed by atoms with van der Waals surface area (Å²) in [5.41, 5.74) is 13.9. The topological polar surface area (TPSA) is 24.3 Å². The first kappa shape index (κ1) is 42.6. The molecule has 5 nitrogen and oxygen atoms in total. The minimum atomic E-state index is -0.0659. The van der Waals surface area contributed by atoms with Gasteiger partial charge in [-0.3, -0.25) is 0 Å². The number of quaternary nitrogens is 1. The van der Waals surface area contributed by atoms with Gasteiger partial charge in [0.25, 0.3) is 0 Å². The summed E-state index contributed by atoms with van der Waals surface area (Å²) >= 11 is 0. The van der Waals surface area contributed by atoms with Crippen LogP contribution in [0.15, 0.2) is 225 Å². The third kappa shape index (κ3) is 7.54. The van der Waals surface area contributed by atoms with E-state index in [1.165, 1.54) is 16.7 Å². The smallest absolute Gasteiger partial charge is 0.144 e. The Morgan fingerprint density at radius 2 is 1.14 bits per heavy atom. The summed E-state index contributed by atoms with van der Waals surface area (Å²) in [6, 6.07) is 81.4. The number of rotatable bonds is 9. The molecule has 0 radical (unpaired) electrons. The summed E-state index contributed by atoms with van der Waals surface area (Å²) in [7, 11) is 0. The van der Waals surface area contributed by atoms with Crippen LogP contribution in [0, 0.1) is 18.8 Å². The maximum Gasteiger partial charge on any atom is 0.144 e. The van der Waals surface area contributed by atoms with Crippen LogP contribution in [0.4, 0.5) is 34.1 Å². The van der Waals surface area contributed by atoms with Crippen molar-refractivity contribution in [2.24, 2.45) is 0 Å². The maximum absolute atomic E-state index is 5.06. The quantitative estimate of drug-likeness (QED) is 0.106. The van der Waals surface area contributed by atoms with E-state index >= 15 is 0 Å². The minimum absolute atomic E-state index is 0. The second-order valence-electron chi connectivity index (χ2n) is 17.6. The number of pyridine rings is 1. The van der Waals surface area contributed by atoms with Gasteiger partial charge >= 0.3 is 0 Å². The number of benzene rings is 8. The van der Waals surface area contributed by atoms with E-state index in [0.717, 1.165) is 72.9 Å². The van der Waals surface area contributed by atoms with Crippen LogP contribution in [0.3, 0.4) is 0 Å². The summed E-state index contributed by atoms with van der Waals surface area (Å²) in [6.07, 6.45) is 6.16.